The molecule has 2 atom stereocenters. The summed E-state index contributed by atoms with van der Waals surface area (Å²) < 4.78 is 5.24. The van der Waals surface area contributed by atoms with E-state index in [1.165, 1.54) is 4.90 Å². The molecule has 0 saturated carbocycles. The van der Waals surface area contributed by atoms with Crippen molar-refractivity contribution in [1.29, 1.82) is 0 Å². The summed E-state index contributed by atoms with van der Waals surface area (Å²) in [4.78, 5) is 34.2. The number of carbonyl (C=O) groups is 2. The average molecular weight is 370 g/mol. The molecule has 3 aliphatic rings. The third kappa shape index (κ3) is 2.84. The van der Waals surface area contributed by atoms with Crippen LogP contribution in [-0.4, -0.2) is 72.1 Å². The van der Waals surface area contributed by atoms with E-state index in [4.69, 9.17) is 4.74 Å². The van der Waals surface area contributed by atoms with Crippen LogP contribution in [0.2, 0.25) is 0 Å². The second kappa shape index (κ2) is 6.49. The Hall–Kier alpha value is -3.23. The van der Waals surface area contributed by atoms with E-state index in [1.54, 1.807) is 14.2 Å². The minimum Gasteiger partial charge on any atom is -0.497 e. The Kier molecular flexibility index (Phi) is 4.14. The maximum absolute atomic E-state index is 12.3. The van der Waals surface area contributed by atoms with Gasteiger partial charge in [0.1, 0.15) is 5.75 Å². The maximum atomic E-state index is 12.3. The van der Waals surface area contributed by atoms with E-state index in [0.29, 0.717) is 19.0 Å². The molecule has 1 saturated heterocycles. The number of rotatable bonds is 5. The number of amides is 3. The van der Waals surface area contributed by atoms with Gasteiger partial charge in [-0.3, -0.25) is 10.1 Å². The zero-order chi connectivity index (χ0) is 19.1. The van der Waals surface area contributed by atoms with E-state index >= 15 is 0 Å². The van der Waals surface area contributed by atoms with Crippen molar-refractivity contribution >= 4 is 23.6 Å². The van der Waals surface area contributed by atoms with Gasteiger partial charge in [-0.25, -0.2) is 9.79 Å². The SMILES string of the molecule is COc1cccc(NCCN2C(C)=CN3C2=NC2C3C(=O)NC(=O)N2C)c1. The molecule has 142 valence electrons. The molecule has 3 heterocycles. The molecule has 1 aromatic rings. The predicted octanol–water partition coefficient (Wildman–Crippen LogP) is 0.832. The van der Waals surface area contributed by atoms with Crippen molar-refractivity contribution < 1.29 is 14.3 Å². The van der Waals surface area contributed by atoms with Crippen LogP contribution in [0.25, 0.3) is 0 Å². The van der Waals surface area contributed by atoms with Crippen LogP contribution < -0.4 is 15.4 Å². The van der Waals surface area contributed by atoms with Crippen LogP contribution in [0.5, 0.6) is 5.75 Å². The number of likely N-dealkylation sites (N-methyl/N-ethyl adjacent to an activating group) is 1. The number of urea groups is 1. The van der Waals surface area contributed by atoms with Crippen molar-refractivity contribution in [3.8, 4) is 5.75 Å². The van der Waals surface area contributed by atoms with Crippen molar-refractivity contribution in [1.82, 2.24) is 20.0 Å². The van der Waals surface area contributed by atoms with Crippen LogP contribution in [0, 0.1) is 0 Å². The molecule has 0 spiro atoms. The van der Waals surface area contributed by atoms with Crippen molar-refractivity contribution in [2.24, 2.45) is 4.99 Å². The smallest absolute Gasteiger partial charge is 0.325 e. The van der Waals surface area contributed by atoms with Crippen LogP contribution in [0.3, 0.4) is 0 Å². The molecule has 0 aliphatic carbocycles. The van der Waals surface area contributed by atoms with Gasteiger partial charge in [-0.1, -0.05) is 6.07 Å². The highest BCUT2D eigenvalue weighted by Gasteiger charge is 2.51. The number of methoxy groups -OCH3 is 1. The topological polar surface area (TPSA) is 89.5 Å². The van der Waals surface area contributed by atoms with Gasteiger partial charge in [0, 0.05) is 43.8 Å². The summed E-state index contributed by atoms with van der Waals surface area (Å²) in [5, 5.41) is 5.75. The highest BCUT2D eigenvalue weighted by molar-refractivity contribution is 6.04. The van der Waals surface area contributed by atoms with E-state index in [1.807, 2.05) is 42.3 Å². The molecule has 1 fully saturated rings. The molecule has 2 unspecified atom stereocenters. The number of imide groups is 1. The van der Waals surface area contributed by atoms with Gasteiger partial charge in [0.25, 0.3) is 5.91 Å². The van der Waals surface area contributed by atoms with Gasteiger partial charge in [-0.2, -0.15) is 0 Å². The molecular formula is C18H22N6O3. The first kappa shape index (κ1) is 17.2. The number of nitrogens with one attached hydrogen (secondary N) is 2. The Morgan fingerprint density at radius 3 is 2.93 bits per heavy atom. The molecule has 27 heavy (non-hydrogen) atoms. The summed E-state index contributed by atoms with van der Waals surface area (Å²) in [7, 11) is 3.29. The number of carbonyl (C=O) groups excluding carboxylic acids is 2. The van der Waals surface area contributed by atoms with Gasteiger partial charge in [0.15, 0.2) is 12.2 Å². The Morgan fingerprint density at radius 1 is 1.33 bits per heavy atom. The molecule has 0 bridgehead atoms. The molecule has 9 nitrogen and oxygen atoms in total. The number of aliphatic imine (C=N–C) groups is 1. The van der Waals surface area contributed by atoms with E-state index in [-0.39, 0.29) is 5.91 Å². The Morgan fingerprint density at radius 2 is 2.15 bits per heavy atom. The summed E-state index contributed by atoms with van der Waals surface area (Å²) in [6, 6.07) is 6.81. The molecule has 0 radical (unpaired) electrons. The molecule has 4 rings (SSSR count). The van der Waals surface area contributed by atoms with Crippen LogP contribution in [-0.2, 0) is 4.79 Å². The Balaban J connectivity index is 1.46. The van der Waals surface area contributed by atoms with Crippen LogP contribution in [0.1, 0.15) is 6.92 Å². The lowest BCUT2D eigenvalue weighted by atomic mass is 10.1. The van der Waals surface area contributed by atoms with E-state index in [9.17, 15) is 9.59 Å². The third-order valence-electron chi connectivity index (χ3n) is 5.00. The largest absolute Gasteiger partial charge is 0.497 e. The van der Waals surface area contributed by atoms with Crippen LogP contribution in [0.4, 0.5) is 10.5 Å². The zero-order valence-electron chi connectivity index (χ0n) is 15.5. The lowest BCUT2D eigenvalue weighted by Gasteiger charge is -2.34. The summed E-state index contributed by atoms with van der Waals surface area (Å²) in [6.45, 7) is 3.34. The van der Waals surface area contributed by atoms with E-state index in [2.05, 4.69) is 20.5 Å². The van der Waals surface area contributed by atoms with Crippen molar-refractivity contribution in [2.45, 2.75) is 19.1 Å². The number of fused-ring (bicyclic) bond motifs is 3. The van der Waals surface area contributed by atoms with Gasteiger partial charge < -0.3 is 24.8 Å². The summed E-state index contributed by atoms with van der Waals surface area (Å²) in [6.07, 6.45) is 1.41. The minimum atomic E-state index is -0.519. The lowest BCUT2D eigenvalue weighted by Crippen LogP contribution is -2.62. The quantitative estimate of drug-likeness (QED) is 0.798. The molecule has 3 aliphatic heterocycles. The molecule has 9 heteroatoms. The fraction of sp³-hybridized carbons (Fsp3) is 0.389. The number of allylic oxidation sites excluding steroid dienone is 1. The Labute approximate surface area is 157 Å². The van der Waals surface area contributed by atoms with Gasteiger partial charge in [-0.05, 0) is 19.1 Å². The van der Waals surface area contributed by atoms with Crippen molar-refractivity contribution in [3.63, 3.8) is 0 Å². The normalized spacial score (nSPS) is 23.6. The number of ether oxygens (including phenoxy) is 1. The van der Waals surface area contributed by atoms with Crippen molar-refractivity contribution in [3.05, 3.63) is 36.2 Å². The monoisotopic (exact) mass is 370 g/mol. The first-order chi connectivity index (χ1) is 13.0. The predicted molar refractivity (Wildman–Crippen MR) is 100 cm³/mol. The summed E-state index contributed by atoms with van der Waals surface area (Å²) >= 11 is 0. The van der Waals surface area contributed by atoms with E-state index in [0.717, 1.165) is 17.1 Å². The number of guanidine groups is 1. The van der Waals surface area contributed by atoms with Gasteiger partial charge in [0.2, 0.25) is 5.96 Å². The summed E-state index contributed by atoms with van der Waals surface area (Å²) in [5.41, 5.74) is 1.98. The molecule has 2 N–H and O–H groups in total. The van der Waals surface area contributed by atoms with Crippen molar-refractivity contribution in [2.75, 3.05) is 32.6 Å². The first-order valence-electron chi connectivity index (χ1n) is 8.77. The number of hydrogen-bond acceptors (Lipinski definition) is 7. The second-order valence-electron chi connectivity index (χ2n) is 6.68. The minimum absolute atomic E-state index is 0.317. The molecule has 0 aromatic heterocycles. The number of benzene rings is 1. The average Bonchev–Trinajstić information content (AvgIpc) is 3.16. The van der Waals surface area contributed by atoms with Gasteiger partial charge in [-0.15, -0.1) is 0 Å². The van der Waals surface area contributed by atoms with E-state index < -0.39 is 18.2 Å². The van der Waals surface area contributed by atoms with Crippen LogP contribution >= 0.6 is 0 Å². The molecule has 1 aromatic carbocycles. The molecule has 3 amide bonds. The number of nitrogens with zero attached hydrogens (tertiary/aromatic N) is 4. The first-order valence-corrected chi connectivity index (χ1v) is 8.77. The van der Waals surface area contributed by atoms with Gasteiger partial charge >= 0.3 is 6.03 Å². The summed E-state index contributed by atoms with van der Waals surface area (Å²) in [5.74, 6) is 1.18. The maximum Gasteiger partial charge on any atom is 0.325 e. The second-order valence-corrected chi connectivity index (χ2v) is 6.68. The Bertz CT molecular complexity index is 851. The highest BCUT2D eigenvalue weighted by atomic mass is 16.5. The fourth-order valence-electron chi connectivity index (χ4n) is 3.57. The molecular weight excluding hydrogens is 348 g/mol. The van der Waals surface area contributed by atoms with Gasteiger partial charge in [0.05, 0.1) is 7.11 Å². The standard InChI is InChI=1S/C18H22N6O3/c1-11-10-24-14-15(22(2)18(26)21-16(14)25)20-17(24)23(11)8-7-19-12-5-4-6-13(9-12)27-3/h4-6,9-10,14-15,19H,7-8H2,1-3H3,(H,21,25,26). The fourth-order valence-corrected chi connectivity index (χ4v) is 3.57. The highest BCUT2D eigenvalue weighted by Crippen LogP contribution is 2.31. The number of anilines is 1. The van der Waals surface area contributed by atoms with Crippen LogP contribution in [0.15, 0.2) is 41.2 Å². The third-order valence-corrected chi connectivity index (χ3v) is 5.00. The zero-order valence-corrected chi connectivity index (χ0v) is 15.5. The lowest BCUT2D eigenvalue weighted by molar-refractivity contribution is -0.126. The number of hydrogen-bond donors (Lipinski definition) is 2.